The maximum absolute atomic E-state index is 13.4. The summed E-state index contributed by atoms with van der Waals surface area (Å²) in [7, 11) is 1.18. The molecule has 2 aliphatic rings. The van der Waals surface area contributed by atoms with Crippen LogP contribution in [-0.4, -0.2) is 74.1 Å². The molecular weight excluding hydrogens is 472 g/mol. The molecule has 36 heavy (non-hydrogen) atoms. The minimum Gasteiger partial charge on any atom is -0.507 e. The number of esters is 1. The lowest BCUT2D eigenvalue weighted by Gasteiger charge is -2.36. The van der Waals surface area contributed by atoms with Gasteiger partial charge in [0.2, 0.25) is 0 Å². The van der Waals surface area contributed by atoms with Gasteiger partial charge in [-0.3, -0.25) is 14.4 Å². The number of aliphatic hydroxyl groups is 3. The number of phenols is 2. The first-order valence-electron chi connectivity index (χ1n) is 11.5. The van der Waals surface area contributed by atoms with Crippen LogP contribution in [-0.2, 0) is 20.7 Å². The lowest BCUT2D eigenvalue weighted by Crippen LogP contribution is -2.44. The number of carbonyl (C=O) groups excluding carboxylic acids is 3. The fraction of sp³-hybridized carbons (Fsp3) is 0.423. The highest BCUT2D eigenvalue weighted by molar-refractivity contribution is 6.30. The second kappa shape index (κ2) is 9.29. The van der Waals surface area contributed by atoms with Crippen molar-refractivity contribution in [2.45, 2.75) is 63.1 Å². The second-order valence-corrected chi connectivity index (χ2v) is 9.63. The smallest absolute Gasteiger partial charge is 0.308 e. The number of aliphatic hydroxyl groups excluding tert-OH is 2. The van der Waals surface area contributed by atoms with Crippen molar-refractivity contribution in [1.82, 2.24) is 0 Å². The Morgan fingerprint density at radius 3 is 2.22 bits per heavy atom. The van der Waals surface area contributed by atoms with Crippen LogP contribution in [0.2, 0.25) is 0 Å². The Hall–Kier alpha value is -3.31. The Balaban J connectivity index is 1.71. The van der Waals surface area contributed by atoms with Crippen LogP contribution >= 0.6 is 0 Å². The topological polar surface area (TPSA) is 171 Å². The minimum atomic E-state index is -1.58. The van der Waals surface area contributed by atoms with Gasteiger partial charge in [0.25, 0.3) is 0 Å². The average molecular weight is 501 g/mol. The number of aromatic hydroxyl groups is 2. The number of carbonyl (C=O) groups is 3. The molecule has 2 aromatic carbocycles. The van der Waals surface area contributed by atoms with Crippen LogP contribution in [0.15, 0.2) is 24.3 Å². The van der Waals surface area contributed by atoms with Gasteiger partial charge in [-0.2, -0.15) is 0 Å². The van der Waals surface area contributed by atoms with Crippen LogP contribution in [0.1, 0.15) is 75.8 Å². The van der Waals surface area contributed by atoms with Crippen molar-refractivity contribution >= 4 is 17.5 Å². The van der Waals surface area contributed by atoms with Crippen molar-refractivity contribution in [2.24, 2.45) is 0 Å². The van der Waals surface area contributed by atoms with Crippen molar-refractivity contribution < 1.29 is 49.4 Å². The van der Waals surface area contributed by atoms with Gasteiger partial charge >= 0.3 is 5.97 Å². The molecule has 1 fully saturated rings. The van der Waals surface area contributed by atoms with Crippen LogP contribution in [0.4, 0.5) is 0 Å². The molecule has 1 aliphatic heterocycles. The van der Waals surface area contributed by atoms with E-state index in [0.29, 0.717) is 0 Å². The molecule has 0 bridgehead atoms. The standard InChI is InChI=1S/C26H28O10/c1-11-21(29)16(27)8-17(36-11)13-6-7-15-20(23(13)31)25(33)14-5-4-12(22(30)19(14)24(15)32)9-26(2,34)10-18(28)35-3/h4-7,11,16-17,21,27,29-31,34H,8-10H2,1-3H3/t11-,16-,17-,21-,26-/m1/s1. The van der Waals surface area contributed by atoms with Crippen LogP contribution in [0, 0.1) is 0 Å². The fourth-order valence-corrected chi connectivity index (χ4v) is 4.87. The molecule has 0 unspecified atom stereocenters. The van der Waals surface area contributed by atoms with Crippen LogP contribution < -0.4 is 0 Å². The molecule has 2 aromatic rings. The van der Waals surface area contributed by atoms with E-state index < -0.39 is 59.1 Å². The Labute approximate surface area is 206 Å². The summed E-state index contributed by atoms with van der Waals surface area (Å²) >= 11 is 0. The zero-order chi connectivity index (χ0) is 26.5. The number of fused-ring (bicyclic) bond motifs is 2. The Morgan fingerprint density at radius 1 is 1.06 bits per heavy atom. The van der Waals surface area contributed by atoms with E-state index in [0.717, 1.165) is 0 Å². The maximum Gasteiger partial charge on any atom is 0.308 e. The first-order chi connectivity index (χ1) is 16.9. The highest BCUT2D eigenvalue weighted by Crippen LogP contribution is 2.43. The van der Waals surface area contributed by atoms with Crippen LogP contribution in [0.3, 0.4) is 0 Å². The highest BCUT2D eigenvalue weighted by Gasteiger charge is 2.40. The normalized spacial score (nSPS) is 25.1. The van der Waals surface area contributed by atoms with Gasteiger partial charge < -0.3 is 35.0 Å². The predicted molar refractivity (Wildman–Crippen MR) is 124 cm³/mol. The SMILES string of the molecule is COC(=O)C[C@](C)(O)Cc1ccc2c(c1O)C(=O)c1ccc([C@H]3C[C@@H](O)[C@H](O)[C@@H](C)O3)c(O)c1C2=O. The van der Waals surface area contributed by atoms with Crippen LogP contribution in [0.25, 0.3) is 0 Å². The van der Waals surface area contributed by atoms with Crippen molar-refractivity contribution in [3.8, 4) is 11.5 Å². The first kappa shape index (κ1) is 25.8. The third kappa shape index (κ3) is 4.37. The van der Waals surface area contributed by atoms with Gasteiger partial charge in [0, 0.05) is 29.5 Å². The monoisotopic (exact) mass is 500 g/mol. The molecule has 0 saturated carbocycles. The first-order valence-corrected chi connectivity index (χ1v) is 11.5. The van der Waals surface area contributed by atoms with E-state index in [2.05, 4.69) is 4.74 Å². The third-order valence-electron chi connectivity index (χ3n) is 6.79. The average Bonchev–Trinajstić information content (AvgIpc) is 2.81. The fourth-order valence-electron chi connectivity index (χ4n) is 4.87. The molecule has 0 radical (unpaired) electrons. The molecule has 0 aromatic heterocycles. The molecule has 1 heterocycles. The summed E-state index contributed by atoms with van der Waals surface area (Å²) in [4.78, 5) is 38.3. The maximum atomic E-state index is 13.4. The van der Waals surface area contributed by atoms with Gasteiger partial charge in [-0.25, -0.2) is 0 Å². The summed E-state index contributed by atoms with van der Waals surface area (Å²) in [6.45, 7) is 2.96. The van der Waals surface area contributed by atoms with Gasteiger partial charge in [0.15, 0.2) is 11.6 Å². The number of rotatable bonds is 5. The molecule has 10 nitrogen and oxygen atoms in total. The van der Waals surface area contributed by atoms with Gasteiger partial charge in [-0.15, -0.1) is 0 Å². The summed E-state index contributed by atoms with van der Waals surface area (Å²) in [6.07, 6.45) is -4.29. The largest absolute Gasteiger partial charge is 0.507 e. The van der Waals surface area contributed by atoms with Crippen molar-refractivity contribution in [2.75, 3.05) is 7.11 Å². The lowest BCUT2D eigenvalue weighted by atomic mass is 9.79. The van der Waals surface area contributed by atoms with Crippen molar-refractivity contribution in [3.63, 3.8) is 0 Å². The number of benzene rings is 2. The molecule has 5 N–H and O–H groups in total. The molecular formula is C26H28O10. The molecule has 0 spiro atoms. The zero-order valence-electron chi connectivity index (χ0n) is 20.0. The molecule has 4 rings (SSSR count). The number of ketones is 2. The lowest BCUT2D eigenvalue weighted by molar-refractivity contribution is -0.163. The van der Waals surface area contributed by atoms with Gasteiger partial charge in [-0.1, -0.05) is 12.1 Å². The quantitative estimate of drug-likeness (QED) is 0.322. The predicted octanol–water partition coefficient (Wildman–Crippen LogP) is 1.30. The van der Waals surface area contributed by atoms with Gasteiger partial charge in [-0.05, 0) is 31.5 Å². The molecule has 192 valence electrons. The van der Waals surface area contributed by atoms with Gasteiger partial charge in [0.05, 0.1) is 48.6 Å². The summed E-state index contributed by atoms with van der Waals surface area (Å²) in [5.41, 5.74) is -1.98. The summed E-state index contributed by atoms with van der Waals surface area (Å²) < 4.78 is 10.3. The molecule has 1 saturated heterocycles. The molecule has 0 amide bonds. The van der Waals surface area contributed by atoms with E-state index in [-0.39, 0.29) is 52.6 Å². The third-order valence-corrected chi connectivity index (χ3v) is 6.79. The van der Waals surface area contributed by atoms with Crippen molar-refractivity contribution in [3.05, 3.63) is 57.6 Å². The van der Waals surface area contributed by atoms with Crippen molar-refractivity contribution in [1.29, 1.82) is 0 Å². The number of hydrogen-bond acceptors (Lipinski definition) is 10. The number of methoxy groups -OCH3 is 1. The molecule has 10 heteroatoms. The Kier molecular flexibility index (Phi) is 6.65. The zero-order valence-corrected chi connectivity index (χ0v) is 20.0. The minimum absolute atomic E-state index is 0.0216. The van der Waals surface area contributed by atoms with E-state index in [1.165, 1.54) is 38.3 Å². The summed E-state index contributed by atoms with van der Waals surface area (Å²) in [5.74, 6) is -3.00. The van der Waals surface area contributed by atoms with Gasteiger partial charge in [0.1, 0.15) is 17.6 Å². The van der Waals surface area contributed by atoms with E-state index in [4.69, 9.17) is 4.74 Å². The number of phenolic OH excluding ortho intramolecular Hbond substituents is 2. The van der Waals surface area contributed by atoms with E-state index in [1.54, 1.807) is 6.92 Å². The van der Waals surface area contributed by atoms with Crippen LogP contribution in [0.5, 0.6) is 11.5 Å². The summed E-state index contributed by atoms with van der Waals surface area (Å²) in [5, 5.41) is 52.5. The Morgan fingerprint density at radius 2 is 1.64 bits per heavy atom. The summed E-state index contributed by atoms with van der Waals surface area (Å²) in [6, 6.07) is 5.46. The van der Waals surface area contributed by atoms with E-state index in [1.807, 2.05) is 0 Å². The molecule has 5 atom stereocenters. The Bertz CT molecular complexity index is 1240. The van der Waals surface area contributed by atoms with E-state index >= 15 is 0 Å². The number of ether oxygens (including phenoxy) is 2. The second-order valence-electron chi connectivity index (χ2n) is 9.63. The number of hydrogen-bond donors (Lipinski definition) is 5. The molecule has 1 aliphatic carbocycles. The highest BCUT2D eigenvalue weighted by atomic mass is 16.5. The van der Waals surface area contributed by atoms with E-state index in [9.17, 15) is 39.9 Å².